The monoisotopic (exact) mass is 295 g/mol. The average molecular weight is 295 g/mol. The van der Waals surface area contributed by atoms with E-state index in [1.807, 2.05) is 0 Å². The van der Waals surface area contributed by atoms with E-state index in [1.165, 1.54) is 18.2 Å². The number of nitro groups is 1. The van der Waals surface area contributed by atoms with Crippen molar-refractivity contribution in [1.82, 2.24) is 0 Å². The number of carboxylic acids is 1. The van der Waals surface area contributed by atoms with Crippen molar-refractivity contribution in [3.8, 4) is 5.75 Å². The Hall–Kier alpha value is -2.90. The van der Waals surface area contributed by atoms with Crippen LogP contribution in [0.4, 0.5) is 5.69 Å². The molecule has 112 valence electrons. The first-order valence-electron chi connectivity index (χ1n) is 5.92. The van der Waals surface area contributed by atoms with Crippen molar-refractivity contribution in [3.63, 3.8) is 0 Å². The van der Waals surface area contributed by atoms with E-state index in [9.17, 15) is 19.7 Å². The number of nitro benzene ring substituents is 1. The van der Waals surface area contributed by atoms with Gasteiger partial charge in [0.1, 0.15) is 0 Å². The van der Waals surface area contributed by atoms with Crippen LogP contribution in [0.2, 0.25) is 0 Å². The molecule has 0 radical (unpaired) electrons. The van der Waals surface area contributed by atoms with Gasteiger partial charge in [-0.25, -0.2) is 9.59 Å². The van der Waals surface area contributed by atoms with Gasteiger partial charge in [-0.2, -0.15) is 0 Å². The summed E-state index contributed by atoms with van der Waals surface area (Å²) in [4.78, 5) is 31.8. The van der Waals surface area contributed by atoms with Gasteiger partial charge in [0.2, 0.25) is 0 Å². The van der Waals surface area contributed by atoms with E-state index in [1.54, 1.807) is 6.92 Å². The molecule has 1 aromatic carbocycles. The van der Waals surface area contributed by atoms with Gasteiger partial charge in [0, 0.05) is 12.1 Å². The fourth-order valence-electron chi connectivity index (χ4n) is 1.41. The minimum absolute atomic E-state index is 0.0967. The summed E-state index contributed by atoms with van der Waals surface area (Å²) in [6, 6.07) is 3.88. The van der Waals surface area contributed by atoms with E-state index < -0.39 is 23.5 Å². The predicted molar refractivity (Wildman–Crippen MR) is 71.9 cm³/mol. The number of ether oxygens (including phenoxy) is 2. The van der Waals surface area contributed by atoms with E-state index >= 15 is 0 Å². The molecule has 21 heavy (non-hydrogen) atoms. The summed E-state index contributed by atoms with van der Waals surface area (Å²) in [6.07, 6.45) is 2.07. The van der Waals surface area contributed by atoms with Crippen LogP contribution >= 0.6 is 0 Å². The van der Waals surface area contributed by atoms with Crippen molar-refractivity contribution in [1.29, 1.82) is 0 Å². The smallest absolute Gasteiger partial charge is 0.344 e. The molecule has 0 heterocycles. The van der Waals surface area contributed by atoms with E-state index in [0.717, 1.165) is 12.1 Å². The average Bonchev–Trinajstić information content (AvgIpc) is 2.43. The number of aliphatic carboxylic acids is 1. The molecular formula is C13H13NO7. The summed E-state index contributed by atoms with van der Waals surface area (Å²) in [5.74, 6) is -1.90. The van der Waals surface area contributed by atoms with E-state index in [4.69, 9.17) is 9.84 Å². The number of rotatable bonds is 7. The van der Waals surface area contributed by atoms with Crippen molar-refractivity contribution in [2.45, 2.75) is 6.92 Å². The Morgan fingerprint density at radius 2 is 2.14 bits per heavy atom. The van der Waals surface area contributed by atoms with Gasteiger partial charge in [0.25, 0.3) is 0 Å². The molecular weight excluding hydrogens is 282 g/mol. The zero-order valence-corrected chi connectivity index (χ0v) is 11.1. The highest BCUT2D eigenvalue weighted by molar-refractivity contribution is 5.85. The summed E-state index contributed by atoms with van der Waals surface area (Å²) < 4.78 is 9.68. The molecule has 0 saturated heterocycles. The summed E-state index contributed by atoms with van der Waals surface area (Å²) >= 11 is 0. The van der Waals surface area contributed by atoms with Gasteiger partial charge in [0.15, 0.2) is 12.4 Å². The quantitative estimate of drug-likeness (QED) is 0.351. The van der Waals surface area contributed by atoms with Crippen LogP contribution in [0.3, 0.4) is 0 Å². The van der Waals surface area contributed by atoms with E-state index in [-0.39, 0.29) is 18.0 Å². The Labute approximate surface area is 119 Å². The van der Waals surface area contributed by atoms with Crippen LogP contribution in [0.15, 0.2) is 24.3 Å². The van der Waals surface area contributed by atoms with Crippen LogP contribution in [0, 0.1) is 10.1 Å². The third-order valence-corrected chi connectivity index (χ3v) is 2.25. The molecule has 0 aromatic heterocycles. The Morgan fingerprint density at radius 3 is 2.71 bits per heavy atom. The molecule has 8 nitrogen and oxygen atoms in total. The largest absolute Gasteiger partial charge is 0.478 e. The molecule has 0 bridgehead atoms. The number of carbonyl (C=O) groups excluding carboxylic acids is 1. The minimum Gasteiger partial charge on any atom is -0.478 e. The zero-order chi connectivity index (χ0) is 15.8. The predicted octanol–water partition coefficient (Wildman–Crippen LogP) is 1.63. The van der Waals surface area contributed by atoms with Crippen molar-refractivity contribution in [2.75, 3.05) is 13.2 Å². The van der Waals surface area contributed by atoms with Crippen molar-refractivity contribution < 1.29 is 29.1 Å². The molecule has 1 rings (SSSR count). The molecule has 1 N–H and O–H groups in total. The second kappa shape index (κ2) is 7.63. The molecule has 0 fully saturated rings. The summed E-state index contributed by atoms with van der Waals surface area (Å²) in [7, 11) is 0. The van der Waals surface area contributed by atoms with Crippen molar-refractivity contribution in [3.05, 3.63) is 40.0 Å². The first-order valence-corrected chi connectivity index (χ1v) is 5.92. The second-order valence-electron chi connectivity index (χ2n) is 3.75. The molecule has 0 amide bonds. The van der Waals surface area contributed by atoms with Crippen molar-refractivity contribution in [2.24, 2.45) is 0 Å². The van der Waals surface area contributed by atoms with Gasteiger partial charge in [-0.05, 0) is 24.6 Å². The zero-order valence-electron chi connectivity index (χ0n) is 11.1. The first kappa shape index (κ1) is 16.2. The number of hydrogen-bond acceptors (Lipinski definition) is 6. The van der Waals surface area contributed by atoms with Crippen LogP contribution in [0.5, 0.6) is 5.75 Å². The van der Waals surface area contributed by atoms with E-state index in [0.29, 0.717) is 5.56 Å². The van der Waals surface area contributed by atoms with Crippen LogP contribution in [0.1, 0.15) is 12.5 Å². The first-order chi connectivity index (χ1) is 9.93. The lowest BCUT2D eigenvalue weighted by Crippen LogP contribution is -2.15. The Kier molecular flexibility index (Phi) is 5.87. The maximum absolute atomic E-state index is 11.1. The highest BCUT2D eigenvalue weighted by Crippen LogP contribution is 2.28. The molecule has 0 atom stereocenters. The van der Waals surface area contributed by atoms with E-state index in [2.05, 4.69) is 4.74 Å². The molecule has 8 heteroatoms. The van der Waals surface area contributed by atoms with Gasteiger partial charge >= 0.3 is 17.6 Å². The van der Waals surface area contributed by atoms with Crippen LogP contribution in [-0.4, -0.2) is 35.2 Å². The van der Waals surface area contributed by atoms with Gasteiger partial charge in [-0.3, -0.25) is 10.1 Å². The maximum atomic E-state index is 11.1. The van der Waals surface area contributed by atoms with Gasteiger partial charge in [-0.1, -0.05) is 6.07 Å². The molecule has 0 aliphatic rings. The SMILES string of the molecule is CCOC(=O)COc1ccc(/C=C/C(=O)O)cc1[N+](=O)[O-]. The van der Waals surface area contributed by atoms with Gasteiger partial charge < -0.3 is 14.6 Å². The van der Waals surface area contributed by atoms with Gasteiger partial charge in [-0.15, -0.1) is 0 Å². The Bertz CT molecular complexity index is 580. The molecule has 1 aromatic rings. The fourth-order valence-corrected chi connectivity index (χ4v) is 1.41. The standard InChI is InChI=1S/C13H13NO7/c1-2-20-13(17)8-21-11-5-3-9(4-6-12(15)16)7-10(11)14(18)19/h3-7H,2,8H2,1H3,(H,15,16)/b6-4+. The third kappa shape index (κ3) is 5.31. The molecule has 0 aliphatic carbocycles. The highest BCUT2D eigenvalue weighted by atomic mass is 16.6. The minimum atomic E-state index is -1.17. The summed E-state index contributed by atoms with van der Waals surface area (Å²) in [5.41, 5.74) is -0.0422. The number of hydrogen-bond donors (Lipinski definition) is 1. The highest BCUT2D eigenvalue weighted by Gasteiger charge is 2.17. The lowest BCUT2D eigenvalue weighted by atomic mass is 10.1. The second-order valence-corrected chi connectivity index (χ2v) is 3.75. The van der Waals surface area contributed by atoms with Crippen molar-refractivity contribution >= 4 is 23.7 Å². The molecule has 0 aliphatic heterocycles. The molecule has 0 spiro atoms. The van der Waals surface area contributed by atoms with Gasteiger partial charge in [0.05, 0.1) is 11.5 Å². The third-order valence-electron chi connectivity index (χ3n) is 2.25. The maximum Gasteiger partial charge on any atom is 0.344 e. The molecule has 0 unspecified atom stereocenters. The summed E-state index contributed by atoms with van der Waals surface area (Å²) in [5, 5.41) is 19.5. The van der Waals surface area contributed by atoms with Crippen LogP contribution in [0.25, 0.3) is 6.08 Å². The Morgan fingerprint density at radius 1 is 1.43 bits per heavy atom. The number of carboxylic acid groups (broad SMARTS) is 1. The topological polar surface area (TPSA) is 116 Å². The van der Waals surface area contributed by atoms with Crippen LogP contribution < -0.4 is 4.74 Å². The Balaban J connectivity index is 2.92. The number of esters is 1. The fraction of sp³-hybridized carbons (Fsp3) is 0.231. The summed E-state index contributed by atoms with van der Waals surface area (Å²) in [6.45, 7) is 1.37. The number of carbonyl (C=O) groups is 2. The number of nitrogens with zero attached hydrogens (tertiary/aromatic N) is 1. The molecule has 0 saturated carbocycles. The number of benzene rings is 1. The normalized spacial score (nSPS) is 10.3. The lowest BCUT2D eigenvalue weighted by molar-refractivity contribution is -0.385. The lowest BCUT2D eigenvalue weighted by Gasteiger charge is -2.06. The van der Waals surface area contributed by atoms with Crippen LogP contribution in [-0.2, 0) is 14.3 Å².